The maximum atomic E-state index is 6.28. The van der Waals surface area contributed by atoms with Crippen LogP contribution in [0.5, 0.6) is 0 Å². The third-order valence-electron chi connectivity index (χ3n) is 3.79. The molecule has 17 heavy (non-hydrogen) atoms. The number of rotatable bonds is 3. The first-order valence-electron chi connectivity index (χ1n) is 6.35. The van der Waals surface area contributed by atoms with Gasteiger partial charge in [0.05, 0.1) is 0 Å². The zero-order chi connectivity index (χ0) is 12.3. The Balaban J connectivity index is 2.18. The van der Waals surface area contributed by atoms with Gasteiger partial charge in [-0.15, -0.1) is 0 Å². The first kappa shape index (κ1) is 12.9. The van der Waals surface area contributed by atoms with Crippen molar-refractivity contribution in [2.75, 3.05) is 26.7 Å². The van der Waals surface area contributed by atoms with Gasteiger partial charge in [0.25, 0.3) is 0 Å². The molecule has 1 saturated heterocycles. The molecule has 0 aliphatic carbocycles. The normalized spacial score (nSPS) is 23.6. The van der Waals surface area contributed by atoms with Crippen LogP contribution in [-0.4, -0.2) is 31.6 Å². The van der Waals surface area contributed by atoms with Gasteiger partial charge in [-0.25, -0.2) is 0 Å². The lowest BCUT2D eigenvalue weighted by molar-refractivity contribution is 0.188. The standard InChI is InChI=1S/C14H21ClN2/c1-17-8-4-5-11(10-17)13(9-16)12-6-2-3-7-14(12)15/h2-3,6-7,11,13H,4-5,8-10,16H2,1H3. The fourth-order valence-corrected chi connectivity index (χ4v) is 3.16. The lowest BCUT2D eigenvalue weighted by Gasteiger charge is -2.35. The van der Waals surface area contributed by atoms with Crippen LogP contribution < -0.4 is 5.73 Å². The highest BCUT2D eigenvalue weighted by atomic mass is 35.5. The Bertz CT molecular complexity index is 367. The Kier molecular flexibility index (Phi) is 4.43. The molecule has 0 amide bonds. The van der Waals surface area contributed by atoms with Gasteiger partial charge in [0.1, 0.15) is 0 Å². The summed E-state index contributed by atoms with van der Waals surface area (Å²) >= 11 is 6.28. The van der Waals surface area contributed by atoms with Crippen molar-refractivity contribution in [2.24, 2.45) is 11.7 Å². The van der Waals surface area contributed by atoms with Gasteiger partial charge in [-0.2, -0.15) is 0 Å². The fraction of sp³-hybridized carbons (Fsp3) is 0.571. The topological polar surface area (TPSA) is 29.3 Å². The quantitative estimate of drug-likeness (QED) is 0.896. The van der Waals surface area contributed by atoms with Crippen LogP contribution >= 0.6 is 11.6 Å². The molecule has 2 nitrogen and oxygen atoms in total. The summed E-state index contributed by atoms with van der Waals surface area (Å²) < 4.78 is 0. The third kappa shape index (κ3) is 3.01. The van der Waals surface area contributed by atoms with E-state index in [-0.39, 0.29) is 0 Å². The molecule has 1 aliphatic heterocycles. The van der Waals surface area contributed by atoms with Gasteiger partial charge < -0.3 is 10.6 Å². The Labute approximate surface area is 109 Å². The molecule has 2 atom stereocenters. The molecule has 0 spiro atoms. The summed E-state index contributed by atoms with van der Waals surface area (Å²) in [5.41, 5.74) is 7.19. The smallest absolute Gasteiger partial charge is 0.0441 e. The van der Waals surface area contributed by atoms with Crippen LogP contribution in [0.3, 0.4) is 0 Å². The molecular weight excluding hydrogens is 232 g/mol. The first-order chi connectivity index (χ1) is 8.22. The number of hydrogen-bond acceptors (Lipinski definition) is 2. The average molecular weight is 253 g/mol. The first-order valence-corrected chi connectivity index (χ1v) is 6.73. The molecule has 1 fully saturated rings. The molecule has 2 rings (SSSR count). The van der Waals surface area contributed by atoms with Crippen LogP contribution in [0.25, 0.3) is 0 Å². The van der Waals surface area contributed by atoms with Crippen LogP contribution in [-0.2, 0) is 0 Å². The lowest BCUT2D eigenvalue weighted by atomic mass is 9.81. The average Bonchev–Trinajstić information content (AvgIpc) is 2.33. The number of nitrogens with two attached hydrogens (primary N) is 1. The molecule has 94 valence electrons. The summed E-state index contributed by atoms with van der Waals surface area (Å²) in [6.45, 7) is 3.02. The van der Waals surface area contributed by atoms with Crippen molar-refractivity contribution in [2.45, 2.75) is 18.8 Å². The number of hydrogen-bond donors (Lipinski definition) is 1. The Hall–Kier alpha value is -0.570. The second kappa shape index (κ2) is 5.85. The summed E-state index contributed by atoms with van der Waals surface area (Å²) in [4.78, 5) is 2.40. The number of halogens is 1. The molecule has 3 heteroatoms. The molecule has 1 aromatic rings. The van der Waals surface area contributed by atoms with Gasteiger partial charge in [-0.05, 0) is 50.5 Å². The largest absolute Gasteiger partial charge is 0.330 e. The maximum Gasteiger partial charge on any atom is 0.0441 e. The molecular formula is C14H21ClN2. The predicted molar refractivity (Wildman–Crippen MR) is 73.5 cm³/mol. The third-order valence-corrected chi connectivity index (χ3v) is 4.13. The second-order valence-electron chi connectivity index (χ2n) is 5.03. The van der Waals surface area contributed by atoms with E-state index in [2.05, 4.69) is 24.1 Å². The fourth-order valence-electron chi connectivity index (χ4n) is 2.88. The highest BCUT2D eigenvalue weighted by Crippen LogP contribution is 2.34. The molecule has 1 aliphatic rings. The summed E-state index contributed by atoms with van der Waals surface area (Å²) in [5, 5.41) is 0.858. The molecule has 0 bridgehead atoms. The monoisotopic (exact) mass is 252 g/mol. The number of likely N-dealkylation sites (tertiary alicyclic amines) is 1. The lowest BCUT2D eigenvalue weighted by Crippen LogP contribution is -2.37. The highest BCUT2D eigenvalue weighted by Gasteiger charge is 2.27. The Morgan fingerprint density at radius 1 is 1.47 bits per heavy atom. The number of nitrogens with zero attached hydrogens (tertiary/aromatic N) is 1. The highest BCUT2D eigenvalue weighted by molar-refractivity contribution is 6.31. The summed E-state index contributed by atoms with van der Waals surface area (Å²) in [5.74, 6) is 1.03. The summed E-state index contributed by atoms with van der Waals surface area (Å²) in [7, 11) is 2.19. The minimum absolute atomic E-state index is 0.395. The SMILES string of the molecule is CN1CCCC(C(CN)c2ccccc2Cl)C1. The molecule has 0 aromatic heterocycles. The minimum Gasteiger partial charge on any atom is -0.330 e. The van der Waals surface area contributed by atoms with Gasteiger partial charge in [-0.3, -0.25) is 0 Å². The Morgan fingerprint density at radius 2 is 2.24 bits per heavy atom. The van der Waals surface area contributed by atoms with E-state index in [4.69, 9.17) is 17.3 Å². The zero-order valence-electron chi connectivity index (χ0n) is 10.4. The van der Waals surface area contributed by atoms with Gasteiger partial charge in [0.15, 0.2) is 0 Å². The molecule has 1 heterocycles. The minimum atomic E-state index is 0.395. The van der Waals surface area contributed by atoms with Crippen molar-refractivity contribution in [3.63, 3.8) is 0 Å². The van der Waals surface area contributed by atoms with Crippen molar-refractivity contribution in [1.29, 1.82) is 0 Å². The molecule has 0 radical (unpaired) electrons. The number of piperidine rings is 1. The van der Waals surface area contributed by atoms with Gasteiger partial charge >= 0.3 is 0 Å². The summed E-state index contributed by atoms with van der Waals surface area (Å²) in [6, 6.07) is 8.11. The van der Waals surface area contributed by atoms with Crippen molar-refractivity contribution in [3.05, 3.63) is 34.9 Å². The van der Waals surface area contributed by atoms with Gasteiger partial charge in [0.2, 0.25) is 0 Å². The van der Waals surface area contributed by atoms with Crippen LogP contribution in [0.1, 0.15) is 24.3 Å². The maximum absolute atomic E-state index is 6.28. The van der Waals surface area contributed by atoms with E-state index in [0.717, 1.165) is 11.6 Å². The van der Waals surface area contributed by atoms with E-state index in [1.807, 2.05) is 12.1 Å². The van der Waals surface area contributed by atoms with Gasteiger partial charge in [-0.1, -0.05) is 29.8 Å². The second-order valence-corrected chi connectivity index (χ2v) is 5.44. The van der Waals surface area contributed by atoms with Crippen molar-refractivity contribution < 1.29 is 0 Å². The van der Waals surface area contributed by atoms with E-state index in [9.17, 15) is 0 Å². The van der Waals surface area contributed by atoms with E-state index < -0.39 is 0 Å². The molecule has 2 unspecified atom stereocenters. The van der Waals surface area contributed by atoms with E-state index in [0.29, 0.717) is 18.4 Å². The van der Waals surface area contributed by atoms with E-state index in [1.165, 1.54) is 24.9 Å². The van der Waals surface area contributed by atoms with Crippen molar-refractivity contribution in [3.8, 4) is 0 Å². The van der Waals surface area contributed by atoms with E-state index >= 15 is 0 Å². The summed E-state index contributed by atoms with van der Waals surface area (Å²) in [6.07, 6.45) is 2.53. The number of benzene rings is 1. The van der Waals surface area contributed by atoms with Crippen LogP contribution in [0.4, 0.5) is 0 Å². The molecule has 0 saturated carbocycles. The van der Waals surface area contributed by atoms with Crippen molar-refractivity contribution in [1.82, 2.24) is 4.90 Å². The molecule has 1 aromatic carbocycles. The van der Waals surface area contributed by atoms with Crippen LogP contribution in [0.15, 0.2) is 24.3 Å². The van der Waals surface area contributed by atoms with Crippen LogP contribution in [0.2, 0.25) is 5.02 Å². The van der Waals surface area contributed by atoms with E-state index in [1.54, 1.807) is 0 Å². The zero-order valence-corrected chi connectivity index (χ0v) is 11.2. The van der Waals surface area contributed by atoms with Crippen molar-refractivity contribution >= 4 is 11.6 Å². The molecule has 2 N–H and O–H groups in total. The predicted octanol–water partition coefficient (Wildman–Crippen LogP) is 2.72. The van der Waals surface area contributed by atoms with Gasteiger partial charge in [0, 0.05) is 17.5 Å². The Morgan fingerprint density at radius 3 is 2.88 bits per heavy atom. The van der Waals surface area contributed by atoms with Crippen LogP contribution in [0, 0.1) is 5.92 Å².